The Morgan fingerprint density at radius 1 is 0.791 bits per heavy atom. The molecule has 14 heteroatoms. The highest BCUT2D eigenvalue weighted by Crippen LogP contribution is 2.31. The molecule has 0 bridgehead atoms. The van der Waals surface area contributed by atoms with E-state index in [0.717, 1.165) is 29.2 Å². The third-order valence-corrected chi connectivity index (χ3v) is 9.37. The molecule has 2 amide bonds. The Bertz CT molecular complexity index is 1750. The molecule has 4 aromatic rings. The zero-order chi connectivity index (χ0) is 31.9. The van der Waals surface area contributed by atoms with E-state index in [1.165, 1.54) is 18.3 Å². The first-order valence-electron chi connectivity index (χ1n) is 13.2. The average molecular weight is 687 g/mol. The lowest BCUT2D eigenvalue weighted by atomic mass is 9.95. The second kappa shape index (κ2) is 15.3. The summed E-state index contributed by atoms with van der Waals surface area (Å²) in [4.78, 5) is 29.6. The number of nitrogens with one attached hydrogen (secondary N) is 1. The molecule has 0 aliphatic carbocycles. The summed E-state index contributed by atoms with van der Waals surface area (Å²) < 4.78 is 27.3. The number of sulfonamides is 1. The monoisotopic (exact) mass is 685 g/mol. The Balaban J connectivity index is 0.000000238. The lowest BCUT2D eigenvalue weighted by Gasteiger charge is -2.14. The van der Waals surface area contributed by atoms with Crippen LogP contribution in [0.1, 0.15) is 45.1 Å². The van der Waals surface area contributed by atoms with Gasteiger partial charge in [0, 0.05) is 52.8 Å². The number of hydrogen-bond acceptors (Lipinski definition) is 6. The van der Waals surface area contributed by atoms with Crippen molar-refractivity contribution in [2.45, 2.75) is 56.9 Å². The summed E-state index contributed by atoms with van der Waals surface area (Å²) in [5.41, 5.74) is 11.4. The van der Waals surface area contributed by atoms with E-state index in [1.54, 1.807) is 19.2 Å². The number of fused-ring (bicyclic) bond motifs is 2. The number of amides is 2. The van der Waals surface area contributed by atoms with Gasteiger partial charge < -0.3 is 11.5 Å². The van der Waals surface area contributed by atoms with Crippen LogP contribution in [0.25, 0.3) is 21.5 Å². The van der Waals surface area contributed by atoms with Crippen LogP contribution in [0.2, 0.25) is 20.4 Å². The van der Waals surface area contributed by atoms with Crippen molar-refractivity contribution in [3.63, 3.8) is 0 Å². The Morgan fingerprint density at radius 2 is 1.30 bits per heavy atom. The van der Waals surface area contributed by atoms with Crippen LogP contribution in [0.4, 0.5) is 0 Å². The molecule has 0 spiro atoms. The van der Waals surface area contributed by atoms with E-state index in [1.807, 2.05) is 18.2 Å². The number of nitrogens with two attached hydrogens (primary N) is 2. The maximum absolute atomic E-state index is 12.4. The predicted molar refractivity (Wildman–Crippen MR) is 173 cm³/mol. The number of hydrogen-bond donors (Lipinski definition) is 3. The highest BCUT2D eigenvalue weighted by molar-refractivity contribution is 7.89. The number of primary amides is 2. The van der Waals surface area contributed by atoms with Gasteiger partial charge in [0.15, 0.2) is 0 Å². The number of aromatic nitrogens is 2. The molecule has 0 saturated heterocycles. The second-order valence-electron chi connectivity index (χ2n) is 10.2. The van der Waals surface area contributed by atoms with Crippen molar-refractivity contribution < 1.29 is 18.0 Å². The van der Waals surface area contributed by atoms with Gasteiger partial charge >= 0.3 is 0 Å². The molecule has 9 nitrogen and oxygen atoms in total. The first-order valence-corrected chi connectivity index (χ1v) is 16.2. The van der Waals surface area contributed by atoms with Crippen LogP contribution in [0.5, 0.6) is 0 Å². The fourth-order valence-electron chi connectivity index (χ4n) is 4.32. The quantitative estimate of drug-likeness (QED) is 0.154. The summed E-state index contributed by atoms with van der Waals surface area (Å²) in [5.74, 6) is -0.352. The van der Waals surface area contributed by atoms with Crippen LogP contribution in [0.15, 0.2) is 53.7 Å². The molecule has 0 fully saturated rings. The lowest BCUT2D eigenvalue weighted by molar-refractivity contribution is -0.119. The van der Waals surface area contributed by atoms with Crippen molar-refractivity contribution in [2.24, 2.45) is 17.4 Å². The minimum atomic E-state index is -3.76. The molecule has 4 rings (SSSR count). The summed E-state index contributed by atoms with van der Waals surface area (Å²) in [6.07, 6.45) is 5.46. The zero-order valence-electron chi connectivity index (χ0n) is 23.4. The van der Waals surface area contributed by atoms with E-state index in [9.17, 15) is 18.0 Å². The second-order valence-corrected chi connectivity index (χ2v) is 13.5. The smallest absolute Gasteiger partial charge is 0.240 e. The van der Waals surface area contributed by atoms with Gasteiger partial charge in [0.05, 0.1) is 14.9 Å². The number of pyridine rings is 2. The summed E-state index contributed by atoms with van der Waals surface area (Å²) in [5, 5.41) is 4.44. The van der Waals surface area contributed by atoms with E-state index in [2.05, 4.69) is 21.6 Å². The van der Waals surface area contributed by atoms with Gasteiger partial charge in [0.2, 0.25) is 21.8 Å². The molecule has 0 saturated carbocycles. The standard InChI is InChI=1S/C15H16Cl2N2O.C14H15Cl2N3O3S/c1-9(2-5-14(18)20)6-10-3-4-11-12(7-10)15(17)19-8-13(11)16;1-8(2-5-13(17)20)19-23(21,22)9-3-4-10-11(6-9)14(16)18-7-12(10)15/h3-4,7-9H,2,5-6H2,1H3,(H2,18,20);3-4,6-8,19H,2,5H2,1H3,(H2,17,20)/t9-;8-/m11/s1. The van der Waals surface area contributed by atoms with Crippen molar-refractivity contribution >= 4 is 89.8 Å². The molecule has 0 unspecified atom stereocenters. The number of halogens is 4. The van der Waals surface area contributed by atoms with E-state index in [0.29, 0.717) is 44.7 Å². The highest BCUT2D eigenvalue weighted by atomic mass is 35.5. The van der Waals surface area contributed by atoms with Crippen LogP contribution in [0, 0.1) is 5.92 Å². The van der Waals surface area contributed by atoms with Gasteiger partial charge in [-0.1, -0.05) is 71.5 Å². The molecule has 0 radical (unpaired) electrons. The van der Waals surface area contributed by atoms with Crippen LogP contribution >= 0.6 is 46.4 Å². The molecule has 2 atom stereocenters. The molecule has 0 aliphatic heterocycles. The minimum absolute atomic E-state index is 0.0434. The van der Waals surface area contributed by atoms with Crippen LogP contribution < -0.4 is 16.2 Å². The van der Waals surface area contributed by atoms with Gasteiger partial charge in [-0.05, 0) is 55.9 Å². The van der Waals surface area contributed by atoms with Crippen molar-refractivity contribution in [3.8, 4) is 0 Å². The maximum Gasteiger partial charge on any atom is 0.240 e. The lowest BCUT2D eigenvalue weighted by Crippen LogP contribution is -2.33. The molecular formula is C29H31Cl4N5O4S. The highest BCUT2D eigenvalue weighted by Gasteiger charge is 2.19. The molecule has 2 aromatic heterocycles. The Labute approximate surface area is 270 Å². The number of rotatable bonds is 11. The molecule has 230 valence electrons. The molecule has 2 heterocycles. The number of carbonyl (C=O) groups is 2. The normalized spacial score (nSPS) is 12.9. The van der Waals surface area contributed by atoms with E-state index >= 15 is 0 Å². The molecular weight excluding hydrogens is 656 g/mol. The number of carbonyl (C=O) groups excluding carboxylic acids is 2. The van der Waals surface area contributed by atoms with Gasteiger partial charge in [0.25, 0.3) is 0 Å². The largest absolute Gasteiger partial charge is 0.370 e. The van der Waals surface area contributed by atoms with Crippen molar-refractivity contribution in [3.05, 3.63) is 74.7 Å². The van der Waals surface area contributed by atoms with Gasteiger partial charge in [-0.2, -0.15) is 0 Å². The zero-order valence-corrected chi connectivity index (χ0v) is 27.3. The van der Waals surface area contributed by atoms with Crippen LogP contribution in [-0.2, 0) is 26.0 Å². The molecule has 43 heavy (non-hydrogen) atoms. The SMILES string of the molecule is C[C@H](CCC(N)=O)Cc1ccc2c(Cl)cnc(Cl)c2c1.C[C@H](CCC(N)=O)NS(=O)(=O)c1ccc2c(Cl)cnc(Cl)c2c1. The summed E-state index contributed by atoms with van der Waals surface area (Å²) in [7, 11) is -3.76. The fraction of sp³-hybridized carbons (Fsp3) is 0.310. The Hall–Kier alpha value is -2.73. The average Bonchev–Trinajstić information content (AvgIpc) is 2.95. The first kappa shape index (κ1) is 34.8. The maximum atomic E-state index is 12.4. The third kappa shape index (κ3) is 9.89. The minimum Gasteiger partial charge on any atom is -0.370 e. The predicted octanol–water partition coefficient (Wildman–Crippen LogP) is 6.46. The van der Waals surface area contributed by atoms with Crippen molar-refractivity contribution in [1.82, 2.24) is 14.7 Å². The number of nitrogens with zero attached hydrogens (tertiary/aromatic N) is 2. The fourth-order valence-corrected chi connectivity index (χ4v) is 6.46. The topological polar surface area (TPSA) is 158 Å². The van der Waals surface area contributed by atoms with Gasteiger partial charge in [-0.3, -0.25) is 9.59 Å². The van der Waals surface area contributed by atoms with E-state index in [4.69, 9.17) is 57.9 Å². The summed E-state index contributed by atoms with van der Waals surface area (Å²) >= 11 is 24.2. The molecule has 2 aromatic carbocycles. The van der Waals surface area contributed by atoms with E-state index < -0.39 is 22.0 Å². The number of benzene rings is 2. The van der Waals surface area contributed by atoms with Gasteiger partial charge in [-0.15, -0.1) is 0 Å². The van der Waals surface area contributed by atoms with Gasteiger partial charge in [-0.25, -0.2) is 23.1 Å². The molecule has 0 aliphatic rings. The Morgan fingerprint density at radius 3 is 1.86 bits per heavy atom. The van der Waals surface area contributed by atoms with Crippen LogP contribution in [0.3, 0.4) is 0 Å². The van der Waals surface area contributed by atoms with Crippen molar-refractivity contribution in [2.75, 3.05) is 0 Å². The Kier molecular flexibility index (Phi) is 12.4. The molecule has 5 N–H and O–H groups in total. The van der Waals surface area contributed by atoms with E-state index in [-0.39, 0.29) is 22.4 Å². The van der Waals surface area contributed by atoms with Gasteiger partial charge in [0.1, 0.15) is 10.3 Å². The third-order valence-electron chi connectivity index (χ3n) is 6.57. The summed E-state index contributed by atoms with van der Waals surface area (Å²) in [6.45, 7) is 3.76. The summed E-state index contributed by atoms with van der Waals surface area (Å²) in [6, 6.07) is 10.0. The first-order chi connectivity index (χ1) is 20.2. The van der Waals surface area contributed by atoms with Crippen molar-refractivity contribution in [1.29, 1.82) is 0 Å². The van der Waals surface area contributed by atoms with Crippen LogP contribution in [-0.4, -0.2) is 36.2 Å².